The van der Waals surface area contributed by atoms with Crippen molar-refractivity contribution in [2.45, 2.75) is 26.2 Å². The van der Waals surface area contributed by atoms with Crippen molar-refractivity contribution in [3.8, 4) is 0 Å². The minimum Gasteiger partial charge on any atom is -0.488 e. The monoisotopic (exact) mass is 213 g/mol. The summed E-state index contributed by atoms with van der Waals surface area (Å²) in [7, 11) is 0. The highest BCUT2D eigenvalue weighted by atomic mass is 16.5. The van der Waals surface area contributed by atoms with Gasteiger partial charge in [-0.1, -0.05) is 6.92 Å². The van der Waals surface area contributed by atoms with E-state index in [9.17, 15) is 4.79 Å². The van der Waals surface area contributed by atoms with E-state index in [2.05, 4.69) is 5.32 Å². The van der Waals surface area contributed by atoms with Crippen LogP contribution in [0.25, 0.3) is 0 Å². The number of carbonyl (C=O) groups excluding carboxylic acids is 1. The molecule has 0 aliphatic carbocycles. The molecule has 0 spiro atoms. The van der Waals surface area contributed by atoms with Gasteiger partial charge >= 0.3 is 0 Å². The summed E-state index contributed by atoms with van der Waals surface area (Å²) in [6.45, 7) is 3.37. The Labute approximate surface area is 90.3 Å². The predicted molar refractivity (Wildman–Crippen MR) is 57.1 cm³/mol. The highest BCUT2D eigenvalue weighted by molar-refractivity contribution is 5.91. The van der Waals surface area contributed by atoms with Gasteiger partial charge in [0.25, 0.3) is 5.91 Å². The second kappa shape index (κ2) is 6.45. The van der Waals surface area contributed by atoms with E-state index in [4.69, 9.17) is 9.84 Å². The van der Waals surface area contributed by atoms with Gasteiger partial charge in [-0.05, 0) is 31.3 Å². The topological polar surface area (TPSA) is 58.6 Å². The van der Waals surface area contributed by atoms with Gasteiger partial charge in [-0.2, -0.15) is 0 Å². The van der Waals surface area contributed by atoms with E-state index < -0.39 is 0 Å². The van der Waals surface area contributed by atoms with E-state index in [-0.39, 0.29) is 12.5 Å². The average molecular weight is 213 g/mol. The zero-order chi connectivity index (χ0) is 11.1. The van der Waals surface area contributed by atoms with E-state index in [0.717, 1.165) is 12.8 Å². The number of aliphatic hydroxyl groups excluding tert-OH is 1. The number of ether oxygens (including phenoxy) is 1. The second-order valence-corrected chi connectivity index (χ2v) is 3.89. The van der Waals surface area contributed by atoms with Crippen LogP contribution in [0.5, 0.6) is 0 Å². The molecule has 1 amide bonds. The predicted octanol–water partition coefficient (Wildman–Crippen LogP) is 0.815. The minimum atomic E-state index is -0.139. The van der Waals surface area contributed by atoms with Crippen molar-refractivity contribution in [2.75, 3.05) is 19.8 Å². The van der Waals surface area contributed by atoms with Gasteiger partial charge in [0.1, 0.15) is 0 Å². The molecule has 1 heterocycles. The van der Waals surface area contributed by atoms with Crippen LogP contribution in [0.15, 0.2) is 11.8 Å². The maximum absolute atomic E-state index is 11.5. The number of allylic oxidation sites excluding steroid dienone is 1. The van der Waals surface area contributed by atoms with Gasteiger partial charge in [0.15, 0.2) is 5.76 Å². The van der Waals surface area contributed by atoms with Gasteiger partial charge in [0.05, 0.1) is 6.61 Å². The Hall–Kier alpha value is -1.03. The Morgan fingerprint density at radius 2 is 2.53 bits per heavy atom. The smallest absolute Gasteiger partial charge is 0.286 e. The number of carbonyl (C=O) groups is 1. The maximum atomic E-state index is 11.5. The maximum Gasteiger partial charge on any atom is 0.286 e. The van der Waals surface area contributed by atoms with Gasteiger partial charge in [-0.25, -0.2) is 0 Å². The molecule has 0 saturated carbocycles. The molecule has 0 bridgehead atoms. The lowest BCUT2D eigenvalue weighted by atomic mass is 10.1. The lowest BCUT2D eigenvalue weighted by Gasteiger charge is -2.16. The first-order chi connectivity index (χ1) is 7.24. The molecule has 1 atom stereocenters. The van der Waals surface area contributed by atoms with Crippen molar-refractivity contribution >= 4 is 5.91 Å². The molecule has 1 rings (SSSR count). The normalized spacial score (nSPS) is 17.6. The summed E-state index contributed by atoms with van der Waals surface area (Å²) in [4.78, 5) is 11.5. The van der Waals surface area contributed by atoms with Crippen LogP contribution < -0.4 is 5.32 Å². The highest BCUT2D eigenvalue weighted by Crippen LogP contribution is 2.09. The fourth-order valence-corrected chi connectivity index (χ4v) is 1.39. The molecule has 1 aliphatic heterocycles. The Morgan fingerprint density at radius 3 is 3.13 bits per heavy atom. The van der Waals surface area contributed by atoms with Crippen molar-refractivity contribution in [1.82, 2.24) is 5.32 Å². The van der Waals surface area contributed by atoms with Crippen LogP contribution in [0.1, 0.15) is 26.2 Å². The average Bonchev–Trinajstić information content (AvgIpc) is 2.27. The number of aliphatic hydroxyl groups is 1. The zero-order valence-electron chi connectivity index (χ0n) is 9.16. The highest BCUT2D eigenvalue weighted by Gasteiger charge is 2.13. The summed E-state index contributed by atoms with van der Waals surface area (Å²) in [6.07, 6.45) is 4.43. The zero-order valence-corrected chi connectivity index (χ0v) is 9.16. The molecule has 0 radical (unpaired) electrons. The van der Waals surface area contributed by atoms with Gasteiger partial charge in [-0.15, -0.1) is 0 Å². The Balaban J connectivity index is 2.26. The summed E-state index contributed by atoms with van der Waals surface area (Å²) in [5.41, 5.74) is 0. The van der Waals surface area contributed by atoms with Crippen LogP contribution in [0.3, 0.4) is 0 Å². The lowest BCUT2D eigenvalue weighted by Crippen LogP contribution is -2.31. The molecule has 86 valence electrons. The minimum absolute atomic E-state index is 0.139. The summed E-state index contributed by atoms with van der Waals surface area (Å²) in [5.74, 6) is 0.597. The fraction of sp³-hybridized carbons (Fsp3) is 0.727. The summed E-state index contributed by atoms with van der Waals surface area (Å²) in [5, 5.41) is 11.5. The van der Waals surface area contributed by atoms with Crippen molar-refractivity contribution < 1.29 is 14.6 Å². The van der Waals surface area contributed by atoms with E-state index in [1.165, 1.54) is 0 Å². The van der Waals surface area contributed by atoms with Gasteiger partial charge in [-0.3, -0.25) is 4.79 Å². The fourth-order valence-electron chi connectivity index (χ4n) is 1.39. The standard InChI is InChI=1S/C11H19NO3/c1-9(5-6-13)8-12-11(14)10-4-2-3-7-15-10/h4,9,13H,2-3,5-8H2,1H3,(H,12,14). The van der Waals surface area contributed by atoms with E-state index in [1.807, 2.05) is 13.0 Å². The number of hydrogen-bond acceptors (Lipinski definition) is 3. The number of hydrogen-bond donors (Lipinski definition) is 2. The van der Waals surface area contributed by atoms with Gasteiger partial charge in [0.2, 0.25) is 0 Å². The van der Waals surface area contributed by atoms with Crippen LogP contribution >= 0.6 is 0 Å². The van der Waals surface area contributed by atoms with Crippen molar-refractivity contribution in [2.24, 2.45) is 5.92 Å². The molecule has 4 nitrogen and oxygen atoms in total. The number of nitrogens with one attached hydrogen (secondary N) is 1. The number of amides is 1. The molecular weight excluding hydrogens is 194 g/mol. The summed E-state index contributed by atoms with van der Waals surface area (Å²) >= 11 is 0. The first kappa shape index (κ1) is 12.0. The van der Waals surface area contributed by atoms with Crippen molar-refractivity contribution in [3.05, 3.63) is 11.8 Å². The first-order valence-corrected chi connectivity index (χ1v) is 5.46. The quantitative estimate of drug-likeness (QED) is 0.710. The van der Waals surface area contributed by atoms with Crippen LogP contribution in [-0.4, -0.2) is 30.8 Å². The number of rotatable bonds is 5. The lowest BCUT2D eigenvalue weighted by molar-refractivity contribution is -0.121. The van der Waals surface area contributed by atoms with Gasteiger partial charge in [0, 0.05) is 13.2 Å². The molecule has 0 saturated heterocycles. The van der Waals surface area contributed by atoms with Crippen LogP contribution in [0, 0.1) is 5.92 Å². The molecule has 15 heavy (non-hydrogen) atoms. The van der Waals surface area contributed by atoms with Crippen LogP contribution in [0.2, 0.25) is 0 Å². The molecule has 0 aromatic rings. The van der Waals surface area contributed by atoms with E-state index in [1.54, 1.807) is 0 Å². The SMILES string of the molecule is CC(CCO)CNC(=O)C1=CCCCO1. The Kier molecular flexibility index (Phi) is 5.18. The second-order valence-electron chi connectivity index (χ2n) is 3.89. The van der Waals surface area contributed by atoms with E-state index in [0.29, 0.717) is 31.2 Å². The Bertz CT molecular complexity index is 238. The third-order valence-corrected chi connectivity index (χ3v) is 2.39. The molecule has 0 fully saturated rings. The molecule has 2 N–H and O–H groups in total. The largest absolute Gasteiger partial charge is 0.488 e. The molecule has 0 aromatic carbocycles. The third kappa shape index (κ3) is 4.34. The third-order valence-electron chi connectivity index (χ3n) is 2.39. The van der Waals surface area contributed by atoms with Crippen molar-refractivity contribution in [1.29, 1.82) is 0 Å². The molecule has 0 aromatic heterocycles. The van der Waals surface area contributed by atoms with Crippen LogP contribution in [-0.2, 0) is 9.53 Å². The van der Waals surface area contributed by atoms with Crippen LogP contribution in [0.4, 0.5) is 0 Å². The van der Waals surface area contributed by atoms with E-state index >= 15 is 0 Å². The molecule has 1 unspecified atom stereocenters. The summed E-state index contributed by atoms with van der Waals surface area (Å²) in [6, 6.07) is 0. The van der Waals surface area contributed by atoms with Crippen molar-refractivity contribution in [3.63, 3.8) is 0 Å². The molecule has 4 heteroatoms. The summed E-state index contributed by atoms with van der Waals surface area (Å²) < 4.78 is 5.23. The first-order valence-electron chi connectivity index (χ1n) is 5.46. The molecule has 1 aliphatic rings. The van der Waals surface area contributed by atoms with Gasteiger partial charge < -0.3 is 15.2 Å². The molecular formula is C11H19NO3. The Morgan fingerprint density at radius 1 is 1.73 bits per heavy atom.